The molecule has 0 heterocycles. The molecule has 0 aromatic rings. The van der Waals surface area contributed by atoms with Crippen molar-refractivity contribution in [2.45, 2.75) is 6.42 Å². The van der Waals surface area contributed by atoms with E-state index in [0.717, 1.165) is 11.2 Å². The summed E-state index contributed by atoms with van der Waals surface area (Å²) in [6.07, 6.45) is 0.861. The van der Waals surface area contributed by atoms with E-state index >= 15 is 0 Å². The van der Waals surface area contributed by atoms with E-state index in [4.69, 9.17) is 0 Å². The number of rotatable bonds is 14. The minimum Gasteiger partial charge on any atom is -0.748 e. The molecule has 0 aromatic carbocycles. The van der Waals surface area contributed by atoms with E-state index in [1.807, 2.05) is 0 Å². The molecular weight excluding hydrogens is 450 g/mol. The van der Waals surface area contributed by atoms with Gasteiger partial charge in [-0.1, -0.05) is 0 Å². The van der Waals surface area contributed by atoms with Gasteiger partial charge < -0.3 is 14.0 Å². The Labute approximate surface area is 191 Å². The molecule has 0 saturated heterocycles. The van der Waals surface area contributed by atoms with Crippen LogP contribution in [0.2, 0.25) is 0 Å². The van der Waals surface area contributed by atoms with E-state index in [9.17, 15) is 42.8 Å². The predicted octanol–water partition coefficient (Wildman–Crippen LogP) is -9.26. The van der Waals surface area contributed by atoms with Gasteiger partial charge in [0, 0.05) is 32.4 Å². The first-order chi connectivity index (χ1) is 11.5. The summed E-state index contributed by atoms with van der Waals surface area (Å²) < 4.78 is 111. The average Bonchev–Trinajstić information content (AvgIpc) is 2.37. The summed E-state index contributed by atoms with van der Waals surface area (Å²) in [6.45, 7) is -1.11. The van der Waals surface area contributed by atoms with Crippen molar-refractivity contribution in [3.63, 3.8) is 0 Å². The monoisotopic (exact) mass is 472 g/mol. The largest absolute Gasteiger partial charge is 1.00 e. The number of hydrogen-bond acceptors (Lipinski definition) is 11. The zero-order valence-corrected chi connectivity index (χ0v) is 19.3. The van der Waals surface area contributed by atoms with Gasteiger partial charge in [0.15, 0.2) is 0 Å². The predicted molar refractivity (Wildman–Crippen MR) is 91.7 cm³/mol. The first kappa shape index (κ1) is 33.5. The number of sulfone groups is 1. The van der Waals surface area contributed by atoms with Crippen molar-refractivity contribution in [2.24, 2.45) is 0 Å². The summed E-state index contributed by atoms with van der Waals surface area (Å²) >= 11 is 0. The van der Waals surface area contributed by atoms with Gasteiger partial charge in [-0.2, -0.15) is 0 Å². The summed E-state index contributed by atoms with van der Waals surface area (Å²) in [5.74, 6) is -2.40. The van der Waals surface area contributed by atoms with Gasteiger partial charge in [-0.3, -0.25) is 0 Å². The van der Waals surface area contributed by atoms with Crippen molar-refractivity contribution in [3.8, 4) is 0 Å². The number of sulfonamides is 1. The van der Waals surface area contributed by atoms with E-state index in [1.165, 1.54) is 0 Å². The summed E-state index contributed by atoms with van der Waals surface area (Å²) in [6, 6.07) is 0. The zero-order chi connectivity index (χ0) is 20.6. The van der Waals surface area contributed by atoms with Gasteiger partial charge in [0.1, 0.15) is 9.84 Å². The van der Waals surface area contributed by atoms with Crippen molar-refractivity contribution in [1.82, 2.24) is 9.62 Å². The molecule has 18 heteroatoms. The minimum absolute atomic E-state index is 0. The molecule has 0 aliphatic rings. The van der Waals surface area contributed by atoms with E-state index in [0.29, 0.717) is 0 Å². The second-order valence-electron chi connectivity index (χ2n) is 5.56. The van der Waals surface area contributed by atoms with Crippen molar-refractivity contribution < 1.29 is 80.5 Å². The standard InChI is InChI=1S/C10H24N2O10S4.2Li/c1-23(13,14)7-2-8-24(15,16)11-3-4-12(5-9-25(17,18)19)6-10-26(20,21)22;;/h11H,2-10H2,1H3,(H,17,18,19)(H,20,21,22);;/q;2*+1/p-2. The molecule has 0 fully saturated rings. The quantitative estimate of drug-likeness (QED) is 0.186. The molecule has 0 unspecified atom stereocenters. The zero-order valence-electron chi connectivity index (χ0n) is 16.0. The first-order valence-electron chi connectivity index (χ1n) is 7.24. The molecule has 0 amide bonds. The molecule has 0 radical (unpaired) electrons. The van der Waals surface area contributed by atoms with Gasteiger partial charge in [0.25, 0.3) is 0 Å². The summed E-state index contributed by atoms with van der Waals surface area (Å²) in [7, 11) is -16.2. The molecule has 0 rings (SSSR count). The Morgan fingerprint density at radius 1 is 0.714 bits per heavy atom. The molecule has 28 heavy (non-hydrogen) atoms. The van der Waals surface area contributed by atoms with Crippen molar-refractivity contribution >= 4 is 40.1 Å². The Bertz CT molecular complexity index is 820. The Balaban J connectivity index is -0.00000312. The van der Waals surface area contributed by atoms with Gasteiger partial charge >= 0.3 is 37.7 Å². The number of nitrogens with one attached hydrogen (secondary N) is 1. The normalized spacial score (nSPS) is 13.0. The maximum Gasteiger partial charge on any atom is 1.00 e. The Hall–Kier alpha value is 0.835. The molecule has 0 saturated carbocycles. The van der Waals surface area contributed by atoms with Crippen LogP contribution in [0.25, 0.3) is 0 Å². The molecule has 0 bridgehead atoms. The molecule has 0 atom stereocenters. The van der Waals surface area contributed by atoms with Crippen molar-refractivity contribution in [2.75, 3.05) is 55.4 Å². The van der Waals surface area contributed by atoms with Crippen LogP contribution in [0.3, 0.4) is 0 Å². The van der Waals surface area contributed by atoms with E-state index in [-0.39, 0.29) is 76.1 Å². The smallest absolute Gasteiger partial charge is 0.748 e. The van der Waals surface area contributed by atoms with Crippen LogP contribution in [0.15, 0.2) is 0 Å². The van der Waals surface area contributed by atoms with Gasteiger partial charge in [0.05, 0.1) is 43.2 Å². The minimum atomic E-state index is -4.57. The number of nitrogens with zero attached hydrogens (tertiary/aromatic N) is 1. The van der Waals surface area contributed by atoms with Crippen LogP contribution < -0.4 is 42.4 Å². The van der Waals surface area contributed by atoms with E-state index in [1.54, 1.807) is 0 Å². The average molecular weight is 472 g/mol. The van der Waals surface area contributed by atoms with Crippen molar-refractivity contribution in [3.05, 3.63) is 0 Å². The Kier molecular flexibility index (Phi) is 16.7. The fraction of sp³-hybridized carbons (Fsp3) is 1.00. The van der Waals surface area contributed by atoms with Gasteiger partial charge in [-0.15, -0.1) is 0 Å². The SMILES string of the molecule is CS(=O)(=O)CCCS(=O)(=O)NCCN(CCS(=O)(=O)[O-])CCS(=O)(=O)[O-].[Li+].[Li+]. The third-order valence-corrected chi connectivity index (χ3v) is 6.86. The second kappa shape index (κ2) is 14.0. The maximum absolute atomic E-state index is 11.7. The van der Waals surface area contributed by atoms with Gasteiger partial charge in [0.2, 0.25) is 10.0 Å². The van der Waals surface area contributed by atoms with Crippen LogP contribution >= 0.6 is 0 Å². The molecule has 0 aliphatic heterocycles. The van der Waals surface area contributed by atoms with E-state index in [2.05, 4.69) is 4.72 Å². The molecule has 158 valence electrons. The topological polar surface area (TPSA) is 198 Å². The van der Waals surface area contributed by atoms with Crippen LogP contribution in [0.1, 0.15) is 6.42 Å². The molecule has 1 N–H and O–H groups in total. The molecule has 0 aliphatic carbocycles. The van der Waals surface area contributed by atoms with Gasteiger partial charge in [-0.05, 0) is 6.42 Å². The Morgan fingerprint density at radius 3 is 1.50 bits per heavy atom. The molecule has 12 nitrogen and oxygen atoms in total. The number of hydrogen-bond donors (Lipinski definition) is 1. The van der Waals surface area contributed by atoms with Crippen LogP contribution in [0.5, 0.6) is 0 Å². The fourth-order valence-electron chi connectivity index (χ4n) is 1.76. The second-order valence-corrected chi connectivity index (χ2v) is 12.8. The summed E-state index contributed by atoms with van der Waals surface area (Å²) in [5, 5.41) is 0. The Morgan fingerprint density at radius 2 is 1.14 bits per heavy atom. The van der Waals surface area contributed by atoms with Crippen molar-refractivity contribution in [1.29, 1.82) is 0 Å². The summed E-state index contributed by atoms with van der Waals surface area (Å²) in [5.41, 5.74) is 0. The first-order valence-corrected chi connectivity index (χ1v) is 14.1. The van der Waals surface area contributed by atoms with Crippen LogP contribution in [-0.4, -0.2) is 103 Å². The maximum atomic E-state index is 11.7. The fourth-order valence-corrected chi connectivity index (χ4v) is 4.65. The van der Waals surface area contributed by atoms with Crippen LogP contribution in [0, 0.1) is 0 Å². The third kappa shape index (κ3) is 23.1. The molecule has 0 spiro atoms. The van der Waals surface area contributed by atoms with Crippen LogP contribution in [-0.2, 0) is 40.1 Å². The summed E-state index contributed by atoms with van der Waals surface area (Å²) in [4.78, 5) is 1.16. The molecular formula is C10H22Li2N2O10S4. The molecule has 0 aromatic heterocycles. The third-order valence-electron chi connectivity index (χ3n) is 2.99. The van der Waals surface area contributed by atoms with Gasteiger partial charge in [-0.25, -0.2) is 38.4 Å². The van der Waals surface area contributed by atoms with E-state index < -0.39 is 57.4 Å². The van der Waals surface area contributed by atoms with Crippen LogP contribution in [0.4, 0.5) is 0 Å².